The minimum Gasteiger partial charge on any atom is -0.492 e. The summed E-state index contributed by atoms with van der Waals surface area (Å²) in [6, 6.07) is 6.08. The molecule has 0 fully saturated rings. The molecule has 1 aliphatic rings. The molecule has 3 nitrogen and oxygen atoms in total. The predicted molar refractivity (Wildman–Crippen MR) is 49.3 cm³/mol. The molecule has 0 spiro atoms. The van der Waals surface area contributed by atoms with Gasteiger partial charge in [0.25, 0.3) is 0 Å². The maximum atomic E-state index is 5.56. The summed E-state index contributed by atoms with van der Waals surface area (Å²) in [6.45, 7) is 3.33. The van der Waals surface area contributed by atoms with Gasteiger partial charge in [-0.3, -0.25) is 4.84 Å². The van der Waals surface area contributed by atoms with Crippen LogP contribution in [0.15, 0.2) is 18.2 Å². The molecule has 2 rings (SSSR count). The average molecular weight is 179 g/mol. The lowest BCUT2D eigenvalue weighted by atomic mass is 10.0. The van der Waals surface area contributed by atoms with Crippen LogP contribution < -0.4 is 10.6 Å². The van der Waals surface area contributed by atoms with Gasteiger partial charge in [-0.2, -0.15) is 0 Å². The summed E-state index contributed by atoms with van der Waals surface area (Å²) in [5, 5.41) is 0. The van der Waals surface area contributed by atoms with Crippen LogP contribution in [0.25, 0.3) is 0 Å². The molecule has 1 aromatic rings. The zero-order valence-corrected chi connectivity index (χ0v) is 7.62. The van der Waals surface area contributed by atoms with Gasteiger partial charge in [0.05, 0.1) is 13.2 Å². The Balaban J connectivity index is 2.38. The molecule has 0 aliphatic carbocycles. The molecule has 2 N–H and O–H groups in total. The monoisotopic (exact) mass is 179 g/mol. The minimum atomic E-state index is 0.413. The summed E-state index contributed by atoms with van der Waals surface area (Å²) < 4.78 is 5.56. The van der Waals surface area contributed by atoms with Crippen molar-refractivity contribution in [1.29, 1.82) is 0 Å². The predicted octanol–water partition coefficient (Wildman–Crippen LogP) is 1.57. The Morgan fingerprint density at radius 1 is 1.62 bits per heavy atom. The van der Waals surface area contributed by atoms with Crippen molar-refractivity contribution < 1.29 is 9.57 Å². The van der Waals surface area contributed by atoms with Crippen molar-refractivity contribution in [3.8, 4) is 5.75 Å². The lowest BCUT2D eigenvalue weighted by Crippen LogP contribution is -2.00. The summed E-state index contributed by atoms with van der Waals surface area (Å²) >= 11 is 0. The molecule has 0 saturated heterocycles. The number of rotatable bonds is 2. The molecule has 70 valence electrons. The Hall–Kier alpha value is -1.06. The molecule has 1 aliphatic heterocycles. The number of ether oxygens (including phenoxy) is 1. The van der Waals surface area contributed by atoms with Crippen LogP contribution in [0.5, 0.6) is 5.75 Å². The standard InChI is InChI=1S/C10H13NO2/c1-7-5-12-10-8(6-13-11)3-2-4-9(7)10/h2-4,7H,5-6,11H2,1H3. The van der Waals surface area contributed by atoms with E-state index in [1.807, 2.05) is 12.1 Å². The Morgan fingerprint density at radius 2 is 2.46 bits per heavy atom. The summed E-state index contributed by atoms with van der Waals surface area (Å²) in [5.74, 6) is 6.47. The number of fused-ring (bicyclic) bond motifs is 1. The number of para-hydroxylation sites is 1. The zero-order chi connectivity index (χ0) is 9.26. The van der Waals surface area contributed by atoms with Gasteiger partial charge in [-0.15, -0.1) is 0 Å². The van der Waals surface area contributed by atoms with E-state index in [1.54, 1.807) is 0 Å². The van der Waals surface area contributed by atoms with Crippen molar-refractivity contribution in [2.24, 2.45) is 5.90 Å². The highest BCUT2D eigenvalue weighted by molar-refractivity contribution is 5.45. The van der Waals surface area contributed by atoms with Crippen LogP contribution in [0.3, 0.4) is 0 Å². The molecular weight excluding hydrogens is 166 g/mol. The van der Waals surface area contributed by atoms with Crippen molar-refractivity contribution in [2.45, 2.75) is 19.4 Å². The molecule has 0 saturated carbocycles. The fourth-order valence-electron chi connectivity index (χ4n) is 1.67. The van der Waals surface area contributed by atoms with Gasteiger partial charge in [-0.05, 0) is 0 Å². The maximum Gasteiger partial charge on any atom is 0.128 e. The van der Waals surface area contributed by atoms with Crippen LogP contribution in [0.2, 0.25) is 0 Å². The second-order valence-electron chi connectivity index (χ2n) is 3.36. The summed E-state index contributed by atoms with van der Waals surface area (Å²) in [5.41, 5.74) is 2.29. The second kappa shape index (κ2) is 3.36. The van der Waals surface area contributed by atoms with Crippen molar-refractivity contribution in [3.05, 3.63) is 29.3 Å². The van der Waals surface area contributed by atoms with Gasteiger partial charge < -0.3 is 4.74 Å². The highest BCUT2D eigenvalue weighted by Gasteiger charge is 2.22. The van der Waals surface area contributed by atoms with Crippen molar-refractivity contribution in [3.63, 3.8) is 0 Å². The third kappa shape index (κ3) is 1.41. The summed E-state index contributed by atoms with van der Waals surface area (Å²) in [6.07, 6.45) is 0. The van der Waals surface area contributed by atoms with Gasteiger partial charge >= 0.3 is 0 Å². The minimum absolute atomic E-state index is 0.413. The smallest absolute Gasteiger partial charge is 0.128 e. The van der Waals surface area contributed by atoms with Gasteiger partial charge in [0.1, 0.15) is 5.75 Å². The molecule has 1 atom stereocenters. The van der Waals surface area contributed by atoms with Gasteiger partial charge in [-0.1, -0.05) is 25.1 Å². The van der Waals surface area contributed by atoms with Crippen LogP contribution in [-0.4, -0.2) is 6.61 Å². The van der Waals surface area contributed by atoms with Crippen molar-refractivity contribution in [2.75, 3.05) is 6.61 Å². The fraction of sp³-hybridized carbons (Fsp3) is 0.400. The third-order valence-corrected chi connectivity index (χ3v) is 2.37. The van der Waals surface area contributed by atoms with Gasteiger partial charge in [0, 0.05) is 17.0 Å². The Bertz CT molecular complexity index is 312. The van der Waals surface area contributed by atoms with E-state index in [9.17, 15) is 0 Å². The molecular formula is C10H13NO2. The highest BCUT2D eigenvalue weighted by atomic mass is 16.6. The van der Waals surface area contributed by atoms with Crippen LogP contribution in [0.1, 0.15) is 24.0 Å². The Morgan fingerprint density at radius 3 is 3.23 bits per heavy atom. The first kappa shape index (κ1) is 8.53. The Kier molecular flexibility index (Phi) is 2.20. The molecule has 13 heavy (non-hydrogen) atoms. The molecule has 0 aromatic heterocycles. The van der Waals surface area contributed by atoms with E-state index in [-0.39, 0.29) is 0 Å². The molecule has 1 unspecified atom stereocenters. The molecule has 0 amide bonds. The van der Waals surface area contributed by atoms with E-state index in [2.05, 4.69) is 17.8 Å². The molecule has 1 aromatic carbocycles. The molecule has 0 radical (unpaired) electrons. The molecule has 3 heteroatoms. The van der Waals surface area contributed by atoms with Crippen molar-refractivity contribution >= 4 is 0 Å². The van der Waals surface area contributed by atoms with Crippen LogP contribution in [-0.2, 0) is 11.4 Å². The van der Waals surface area contributed by atoms with Gasteiger partial charge in [0.2, 0.25) is 0 Å². The summed E-state index contributed by atoms with van der Waals surface area (Å²) in [7, 11) is 0. The second-order valence-corrected chi connectivity index (χ2v) is 3.36. The van der Waals surface area contributed by atoms with Crippen LogP contribution >= 0.6 is 0 Å². The number of hydrogen-bond acceptors (Lipinski definition) is 3. The normalized spacial score (nSPS) is 19.7. The largest absolute Gasteiger partial charge is 0.492 e. The highest BCUT2D eigenvalue weighted by Crippen LogP contribution is 2.36. The first-order chi connectivity index (χ1) is 6.33. The molecule has 1 heterocycles. The van der Waals surface area contributed by atoms with Crippen molar-refractivity contribution in [1.82, 2.24) is 0 Å². The first-order valence-electron chi connectivity index (χ1n) is 4.39. The van der Waals surface area contributed by atoms with Crippen LogP contribution in [0, 0.1) is 0 Å². The lowest BCUT2D eigenvalue weighted by Gasteiger charge is -2.05. The summed E-state index contributed by atoms with van der Waals surface area (Å²) in [4.78, 5) is 4.61. The van der Waals surface area contributed by atoms with E-state index in [1.165, 1.54) is 5.56 Å². The number of nitrogens with two attached hydrogens (primary N) is 1. The molecule has 0 bridgehead atoms. The number of benzene rings is 1. The topological polar surface area (TPSA) is 44.5 Å². The fourth-order valence-corrected chi connectivity index (χ4v) is 1.67. The van der Waals surface area contributed by atoms with E-state index in [0.29, 0.717) is 12.5 Å². The Labute approximate surface area is 77.4 Å². The SMILES string of the molecule is CC1COc2c(CON)cccc21. The average Bonchev–Trinajstić information content (AvgIpc) is 2.50. The van der Waals surface area contributed by atoms with E-state index in [4.69, 9.17) is 10.6 Å². The van der Waals surface area contributed by atoms with E-state index >= 15 is 0 Å². The maximum absolute atomic E-state index is 5.56. The quantitative estimate of drug-likeness (QED) is 0.701. The van der Waals surface area contributed by atoms with Crippen LogP contribution in [0.4, 0.5) is 0 Å². The first-order valence-corrected chi connectivity index (χ1v) is 4.39. The number of hydrogen-bond donors (Lipinski definition) is 1. The van der Waals surface area contributed by atoms with E-state index in [0.717, 1.165) is 17.9 Å². The van der Waals surface area contributed by atoms with E-state index < -0.39 is 0 Å². The van der Waals surface area contributed by atoms with Gasteiger partial charge in [0.15, 0.2) is 0 Å². The van der Waals surface area contributed by atoms with Gasteiger partial charge in [-0.25, -0.2) is 5.90 Å². The zero-order valence-electron chi connectivity index (χ0n) is 7.62. The lowest BCUT2D eigenvalue weighted by molar-refractivity contribution is 0.122. The third-order valence-electron chi connectivity index (χ3n) is 2.37.